The zero-order valence-corrected chi connectivity index (χ0v) is 9.28. The topological polar surface area (TPSA) is 29.1 Å². The number of benzene rings is 2. The van der Waals surface area contributed by atoms with Crippen LogP contribution in [-0.4, -0.2) is 13.8 Å². The highest BCUT2D eigenvalue weighted by Gasteiger charge is 2.16. The van der Waals surface area contributed by atoms with Gasteiger partial charge in [-0.05, 0) is 24.3 Å². The van der Waals surface area contributed by atoms with Gasteiger partial charge in [-0.25, -0.2) is 8.78 Å². The molecule has 18 heavy (non-hydrogen) atoms. The van der Waals surface area contributed by atoms with Crippen LogP contribution in [0.2, 0.25) is 0 Å². The lowest BCUT2D eigenvalue weighted by atomic mass is 9.96. The summed E-state index contributed by atoms with van der Waals surface area (Å²) in [4.78, 5) is 11.7. The highest BCUT2D eigenvalue weighted by atomic mass is 19.1. The van der Waals surface area contributed by atoms with Crippen molar-refractivity contribution in [3.8, 4) is 0 Å². The number of nitrogens with one attached hydrogen (secondary N) is 1. The third-order valence-electron chi connectivity index (χ3n) is 2.36. The fraction of sp³-hybridized carbons (Fsp3) is 0. The van der Waals surface area contributed by atoms with Crippen LogP contribution in [-0.2, 0) is 0 Å². The molecule has 0 aliphatic carbocycles. The van der Waals surface area contributed by atoms with Gasteiger partial charge in [-0.2, -0.15) is 0 Å². The number of carbonyl (C=O) groups excluding carboxylic acids is 1. The average molecular weight is 243 g/mol. The first-order valence-electron chi connectivity index (χ1n) is 5.19. The molecule has 2 aromatic carbocycles. The molecule has 2 radical (unpaired) electrons. The normalized spacial score (nSPS) is 10.1. The Hall–Kier alpha value is -2.17. The van der Waals surface area contributed by atoms with Crippen LogP contribution in [0.3, 0.4) is 0 Å². The molecule has 2 rings (SSSR count). The van der Waals surface area contributed by atoms with Gasteiger partial charge in [0.25, 0.3) is 5.91 Å². The average Bonchev–Trinajstić information content (AvgIpc) is 2.32. The maximum Gasteiger partial charge on any atom is 0.261 e. The predicted molar refractivity (Wildman–Crippen MR) is 66.1 cm³/mol. The second-order valence-corrected chi connectivity index (χ2v) is 3.67. The van der Waals surface area contributed by atoms with Crippen molar-refractivity contribution < 1.29 is 13.6 Å². The molecule has 2 nitrogen and oxygen atoms in total. The van der Waals surface area contributed by atoms with E-state index in [1.807, 2.05) is 0 Å². The van der Waals surface area contributed by atoms with Crippen LogP contribution in [0.1, 0.15) is 10.4 Å². The zero-order valence-electron chi connectivity index (χ0n) is 9.28. The van der Waals surface area contributed by atoms with Crippen molar-refractivity contribution in [2.24, 2.45) is 0 Å². The number of hydrogen-bond donors (Lipinski definition) is 1. The van der Waals surface area contributed by atoms with E-state index in [1.54, 1.807) is 24.3 Å². The van der Waals surface area contributed by atoms with Gasteiger partial charge in [0.05, 0.1) is 0 Å². The minimum Gasteiger partial charge on any atom is -0.322 e. The smallest absolute Gasteiger partial charge is 0.261 e. The molecule has 0 aromatic heterocycles. The molecule has 2 aromatic rings. The number of rotatable bonds is 2. The Labute approximate surface area is 104 Å². The summed E-state index contributed by atoms with van der Waals surface area (Å²) in [6.07, 6.45) is 0. The second kappa shape index (κ2) is 5.00. The molecule has 1 amide bonds. The van der Waals surface area contributed by atoms with Crippen molar-refractivity contribution in [3.63, 3.8) is 0 Å². The van der Waals surface area contributed by atoms with Crippen molar-refractivity contribution >= 4 is 24.9 Å². The highest BCUT2D eigenvalue weighted by Crippen LogP contribution is 2.14. The Morgan fingerprint density at radius 2 is 1.56 bits per heavy atom. The van der Waals surface area contributed by atoms with E-state index in [0.29, 0.717) is 11.2 Å². The lowest BCUT2D eigenvalue weighted by Crippen LogP contribution is -2.16. The lowest BCUT2D eigenvalue weighted by Gasteiger charge is -2.07. The van der Waals surface area contributed by atoms with Gasteiger partial charge in [0.15, 0.2) is 0 Å². The van der Waals surface area contributed by atoms with Gasteiger partial charge in [0.1, 0.15) is 25.0 Å². The summed E-state index contributed by atoms with van der Waals surface area (Å²) in [5, 5.41) is 2.39. The summed E-state index contributed by atoms with van der Waals surface area (Å²) >= 11 is 0. The van der Waals surface area contributed by atoms with Gasteiger partial charge in [-0.15, -0.1) is 0 Å². The van der Waals surface area contributed by atoms with E-state index >= 15 is 0 Å². The zero-order chi connectivity index (χ0) is 13.1. The Bertz CT molecular complexity index is 564. The van der Waals surface area contributed by atoms with Crippen LogP contribution in [0, 0.1) is 11.6 Å². The summed E-state index contributed by atoms with van der Waals surface area (Å²) in [5.41, 5.74) is 0.344. The third-order valence-corrected chi connectivity index (χ3v) is 2.36. The van der Waals surface area contributed by atoms with Crippen LogP contribution in [0.25, 0.3) is 0 Å². The molecule has 0 heterocycles. The lowest BCUT2D eigenvalue weighted by molar-refractivity contribution is 0.101. The highest BCUT2D eigenvalue weighted by molar-refractivity contribution is 6.32. The van der Waals surface area contributed by atoms with Crippen molar-refractivity contribution in [2.75, 3.05) is 5.32 Å². The Balaban J connectivity index is 2.25. The summed E-state index contributed by atoms with van der Waals surface area (Å²) in [5.74, 6) is -2.64. The van der Waals surface area contributed by atoms with E-state index in [2.05, 4.69) is 5.32 Å². The molecule has 0 atom stereocenters. The minimum atomic E-state index is -0.900. The molecule has 0 spiro atoms. The number of anilines is 1. The Morgan fingerprint density at radius 3 is 2.11 bits per heavy atom. The maximum atomic E-state index is 13.3. The predicted octanol–water partition coefficient (Wildman–Crippen LogP) is 2.01. The molecule has 0 saturated carbocycles. The summed E-state index contributed by atoms with van der Waals surface area (Å²) < 4.78 is 26.7. The van der Waals surface area contributed by atoms with E-state index in [0.717, 1.165) is 12.1 Å². The van der Waals surface area contributed by atoms with Crippen molar-refractivity contribution in [2.45, 2.75) is 0 Å². The molecular weight excluding hydrogens is 235 g/mol. The molecule has 88 valence electrons. The van der Waals surface area contributed by atoms with Crippen molar-refractivity contribution in [1.29, 1.82) is 0 Å². The summed E-state index contributed by atoms with van der Waals surface area (Å²) in [7, 11) is 5.48. The van der Waals surface area contributed by atoms with E-state index in [9.17, 15) is 13.6 Å². The monoisotopic (exact) mass is 243 g/mol. The Kier molecular flexibility index (Phi) is 3.41. The number of carbonyl (C=O) groups is 1. The first-order valence-corrected chi connectivity index (χ1v) is 5.19. The quantitative estimate of drug-likeness (QED) is 0.803. The fourth-order valence-electron chi connectivity index (χ4n) is 1.47. The van der Waals surface area contributed by atoms with Gasteiger partial charge < -0.3 is 5.32 Å². The fourth-order valence-corrected chi connectivity index (χ4v) is 1.47. The summed E-state index contributed by atoms with van der Waals surface area (Å²) in [6.45, 7) is 0. The Morgan fingerprint density at radius 1 is 1.00 bits per heavy atom. The standard InChI is InChI=1S/C13H8BF2NO/c14-8-4-6-9(7-5-8)17-13(18)12-10(15)2-1-3-11(12)16/h1-7H,(H,17,18). The SMILES string of the molecule is [B]c1ccc(NC(=O)c2c(F)cccc2F)cc1. The van der Waals surface area contributed by atoms with E-state index in [4.69, 9.17) is 7.85 Å². The van der Waals surface area contributed by atoms with Gasteiger partial charge in [0.2, 0.25) is 0 Å². The summed E-state index contributed by atoms with van der Waals surface area (Å²) in [6, 6.07) is 9.51. The van der Waals surface area contributed by atoms with Crippen LogP contribution in [0.5, 0.6) is 0 Å². The molecule has 0 aliphatic heterocycles. The number of hydrogen-bond acceptors (Lipinski definition) is 1. The van der Waals surface area contributed by atoms with Gasteiger partial charge in [-0.3, -0.25) is 4.79 Å². The largest absolute Gasteiger partial charge is 0.322 e. The third kappa shape index (κ3) is 2.56. The van der Waals surface area contributed by atoms with Gasteiger partial charge >= 0.3 is 0 Å². The molecule has 0 bridgehead atoms. The molecule has 0 unspecified atom stereocenters. The van der Waals surface area contributed by atoms with Crippen molar-refractivity contribution in [3.05, 3.63) is 59.7 Å². The second-order valence-electron chi connectivity index (χ2n) is 3.67. The molecule has 1 N–H and O–H groups in total. The first kappa shape index (κ1) is 12.3. The molecule has 0 saturated heterocycles. The maximum absolute atomic E-state index is 13.3. The number of halogens is 2. The molecular formula is C13H8BF2NO. The van der Waals surface area contributed by atoms with Crippen LogP contribution in [0.4, 0.5) is 14.5 Å². The van der Waals surface area contributed by atoms with E-state index < -0.39 is 23.1 Å². The molecule has 0 fully saturated rings. The van der Waals surface area contributed by atoms with E-state index in [-0.39, 0.29) is 0 Å². The van der Waals surface area contributed by atoms with Gasteiger partial charge in [0, 0.05) is 5.69 Å². The number of amides is 1. The minimum absolute atomic E-state index is 0.414. The van der Waals surface area contributed by atoms with Crippen LogP contribution in [0.15, 0.2) is 42.5 Å². The van der Waals surface area contributed by atoms with Gasteiger partial charge in [-0.1, -0.05) is 23.7 Å². The first-order chi connectivity index (χ1) is 8.58. The van der Waals surface area contributed by atoms with Crippen molar-refractivity contribution in [1.82, 2.24) is 0 Å². The molecule has 0 aliphatic rings. The van der Waals surface area contributed by atoms with Crippen LogP contribution >= 0.6 is 0 Å². The van der Waals surface area contributed by atoms with E-state index in [1.165, 1.54) is 6.07 Å². The molecule has 5 heteroatoms. The van der Waals surface area contributed by atoms with Crippen LogP contribution < -0.4 is 10.8 Å².